The number of hydrogen-bond acceptors (Lipinski definition) is 2. The van der Waals surface area contributed by atoms with Gasteiger partial charge in [0.15, 0.2) is 0 Å². The molecule has 2 aliphatic rings. The zero-order chi connectivity index (χ0) is 25.1. The molecule has 1 fully saturated rings. The van der Waals surface area contributed by atoms with E-state index in [2.05, 4.69) is 5.32 Å². The Kier molecular flexibility index (Phi) is 6.95. The van der Waals surface area contributed by atoms with Crippen molar-refractivity contribution in [2.75, 3.05) is 0 Å². The van der Waals surface area contributed by atoms with Crippen LogP contribution in [-0.4, -0.2) is 32.9 Å². The lowest BCUT2D eigenvalue weighted by Crippen LogP contribution is -2.64. The molecule has 0 saturated heterocycles. The van der Waals surface area contributed by atoms with Crippen molar-refractivity contribution in [3.63, 3.8) is 0 Å². The summed E-state index contributed by atoms with van der Waals surface area (Å²) in [7, 11) is 0. The number of aromatic nitrogens is 1. The number of amides is 2. The standard InChI is InChI=1S/C30H34FN3O2/c1-30(29(36)32-25-12-8-3-2-4-9-13-25)21-33-26(23-10-6-5-7-11-23)18-19-27(33)28(35)34(30)20-22-14-16-24(31)17-15-22/h5-7,10-11,14-19,25H,2-4,8-9,12-13,20-21H2,1H3,(H,32,36)/t30-/m1/s1. The van der Waals surface area contributed by atoms with Crippen LogP contribution in [0.1, 0.15) is 67.9 Å². The second kappa shape index (κ2) is 10.3. The largest absolute Gasteiger partial charge is 0.351 e. The second-order valence-electron chi connectivity index (χ2n) is 10.4. The fourth-order valence-electron chi connectivity index (χ4n) is 5.60. The number of benzene rings is 2. The van der Waals surface area contributed by atoms with Crippen LogP contribution in [0.2, 0.25) is 0 Å². The lowest BCUT2D eigenvalue weighted by Gasteiger charge is -2.45. The van der Waals surface area contributed by atoms with Gasteiger partial charge in [0, 0.05) is 18.3 Å². The number of halogens is 1. The van der Waals surface area contributed by atoms with E-state index in [9.17, 15) is 14.0 Å². The van der Waals surface area contributed by atoms with E-state index < -0.39 is 5.54 Å². The van der Waals surface area contributed by atoms with Gasteiger partial charge in [0.25, 0.3) is 5.91 Å². The van der Waals surface area contributed by atoms with Crippen molar-refractivity contribution in [2.45, 2.75) is 76.5 Å². The summed E-state index contributed by atoms with van der Waals surface area (Å²) in [5.74, 6) is -0.639. The van der Waals surface area contributed by atoms with Gasteiger partial charge in [-0.2, -0.15) is 0 Å². The Bertz CT molecular complexity index is 1210. The molecule has 6 heteroatoms. The lowest BCUT2D eigenvalue weighted by atomic mass is 9.91. The number of fused-ring (bicyclic) bond motifs is 1. The highest BCUT2D eigenvalue weighted by Gasteiger charge is 2.48. The van der Waals surface area contributed by atoms with Gasteiger partial charge in [0.05, 0.1) is 6.54 Å². The predicted molar refractivity (Wildman–Crippen MR) is 139 cm³/mol. The van der Waals surface area contributed by atoms with Crippen molar-refractivity contribution in [1.82, 2.24) is 14.8 Å². The van der Waals surface area contributed by atoms with Crippen LogP contribution in [0.3, 0.4) is 0 Å². The van der Waals surface area contributed by atoms with Crippen LogP contribution in [-0.2, 0) is 17.9 Å². The molecular weight excluding hydrogens is 453 g/mol. The molecule has 2 amide bonds. The summed E-state index contributed by atoms with van der Waals surface area (Å²) in [5.41, 5.74) is 2.19. The first kappa shape index (κ1) is 24.3. The third-order valence-corrected chi connectivity index (χ3v) is 7.76. The molecule has 1 N–H and O–H groups in total. The van der Waals surface area contributed by atoms with Crippen molar-refractivity contribution in [2.24, 2.45) is 0 Å². The molecule has 0 bridgehead atoms. The fraction of sp³-hybridized carbons (Fsp3) is 0.400. The molecule has 2 aromatic carbocycles. The van der Waals surface area contributed by atoms with Gasteiger partial charge >= 0.3 is 0 Å². The summed E-state index contributed by atoms with van der Waals surface area (Å²) in [4.78, 5) is 29.6. The highest BCUT2D eigenvalue weighted by Crippen LogP contribution is 2.34. The van der Waals surface area contributed by atoms with Gasteiger partial charge in [-0.25, -0.2) is 4.39 Å². The summed E-state index contributed by atoms with van der Waals surface area (Å²) in [6, 6.07) is 20.0. The molecule has 1 atom stereocenters. The number of rotatable bonds is 5. The van der Waals surface area contributed by atoms with Crippen molar-refractivity contribution in [3.05, 3.63) is 83.8 Å². The third kappa shape index (κ3) is 4.81. The quantitative estimate of drug-likeness (QED) is 0.484. The molecule has 3 aromatic rings. The van der Waals surface area contributed by atoms with E-state index in [1.807, 2.05) is 54.0 Å². The van der Waals surface area contributed by atoms with E-state index >= 15 is 0 Å². The van der Waals surface area contributed by atoms with Crippen LogP contribution in [0.5, 0.6) is 0 Å². The first-order chi connectivity index (χ1) is 17.5. The maximum atomic E-state index is 14.0. The van der Waals surface area contributed by atoms with E-state index in [4.69, 9.17) is 0 Å². The van der Waals surface area contributed by atoms with Crippen LogP contribution in [0.15, 0.2) is 66.7 Å². The van der Waals surface area contributed by atoms with Crippen LogP contribution in [0, 0.1) is 5.82 Å². The Morgan fingerprint density at radius 1 is 0.917 bits per heavy atom. The topological polar surface area (TPSA) is 54.3 Å². The zero-order valence-electron chi connectivity index (χ0n) is 20.9. The van der Waals surface area contributed by atoms with Crippen molar-refractivity contribution < 1.29 is 14.0 Å². The first-order valence-corrected chi connectivity index (χ1v) is 13.1. The van der Waals surface area contributed by atoms with E-state index in [1.54, 1.807) is 17.0 Å². The molecule has 0 unspecified atom stereocenters. The van der Waals surface area contributed by atoms with Gasteiger partial charge in [-0.15, -0.1) is 0 Å². The average Bonchev–Trinajstić information content (AvgIpc) is 3.28. The number of nitrogens with zero attached hydrogens (tertiary/aromatic N) is 2. The van der Waals surface area contributed by atoms with Gasteiger partial charge in [0.1, 0.15) is 17.1 Å². The monoisotopic (exact) mass is 487 g/mol. The lowest BCUT2D eigenvalue weighted by molar-refractivity contribution is -0.134. The molecule has 188 valence electrons. The van der Waals surface area contributed by atoms with E-state index in [0.717, 1.165) is 42.5 Å². The molecule has 1 saturated carbocycles. The van der Waals surface area contributed by atoms with E-state index in [-0.39, 0.29) is 30.2 Å². The Labute approximate surface area is 212 Å². The average molecular weight is 488 g/mol. The minimum atomic E-state index is -1.09. The summed E-state index contributed by atoms with van der Waals surface area (Å²) in [6.07, 6.45) is 7.82. The molecule has 1 aliphatic carbocycles. The molecule has 0 radical (unpaired) electrons. The van der Waals surface area contributed by atoms with Gasteiger partial charge in [0.2, 0.25) is 5.91 Å². The van der Waals surface area contributed by atoms with Gasteiger partial charge in [-0.3, -0.25) is 9.59 Å². The van der Waals surface area contributed by atoms with E-state index in [0.29, 0.717) is 12.2 Å². The first-order valence-electron chi connectivity index (χ1n) is 13.1. The molecule has 5 nitrogen and oxygen atoms in total. The molecular formula is C30H34FN3O2. The predicted octanol–water partition coefficient (Wildman–Crippen LogP) is 5.94. The molecule has 1 aliphatic heterocycles. The van der Waals surface area contributed by atoms with Crippen LogP contribution < -0.4 is 5.32 Å². The highest BCUT2D eigenvalue weighted by atomic mass is 19.1. The maximum Gasteiger partial charge on any atom is 0.271 e. The molecule has 1 aromatic heterocycles. The molecule has 5 rings (SSSR count). The number of nitrogens with one attached hydrogen (secondary N) is 1. The zero-order valence-corrected chi connectivity index (χ0v) is 20.9. The summed E-state index contributed by atoms with van der Waals surface area (Å²) in [5, 5.41) is 3.32. The van der Waals surface area contributed by atoms with Crippen LogP contribution in [0.4, 0.5) is 4.39 Å². The van der Waals surface area contributed by atoms with Gasteiger partial charge in [-0.05, 0) is 55.2 Å². The normalized spacial score (nSPS) is 20.9. The molecule has 2 heterocycles. The Morgan fingerprint density at radius 2 is 1.56 bits per heavy atom. The Morgan fingerprint density at radius 3 is 2.25 bits per heavy atom. The molecule has 0 spiro atoms. The summed E-state index contributed by atoms with van der Waals surface area (Å²) < 4.78 is 15.5. The second-order valence-corrected chi connectivity index (χ2v) is 10.4. The summed E-state index contributed by atoms with van der Waals surface area (Å²) in [6.45, 7) is 2.45. The van der Waals surface area contributed by atoms with Gasteiger partial charge < -0.3 is 14.8 Å². The minimum absolute atomic E-state index is 0.122. The number of carbonyl (C=O) groups excluding carboxylic acids is 2. The minimum Gasteiger partial charge on any atom is -0.351 e. The van der Waals surface area contributed by atoms with E-state index in [1.165, 1.54) is 31.4 Å². The number of carbonyl (C=O) groups is 2. The Hall–Kier alpha value is -3.41. The van der Waals surface area contributed by atoms with Crippen LogP contribution >= 0.6 is 0 Å². The number of hydrogen-bond donors (Lipinski definition) is 1. The van der Waals surface area contributed by atoms with Crippen molar-refractivity contribution in [1.29, 1.82) is 0 Å². The van der Waals surface area contributed by atoms with Crippen molar-refractivity contribution in [3.8, 4) is 11.3 Å². The fourth-order valence-corrected chi connectivity index (χ4v) is 5.60. The molecule has 36 heavy (non-hydrogen) atoms. The van der Waals surface area contributed by atoms with Crippen molar-refractivity contribution >= 4 is 11.8 Å². The highest BCUT2D eigenvalue weighted by molar-refractivity contribution is 6.00. The smallest absolute Gasteiger partial charge is 0.271 e. The van der Waals surface area contributed by atoms with Crippen LogP contribution in [0.25, 0.3) is 11.3 Å². The Balaban J connectivity index is 1.50. The van der Waals surface area contributed by atoms with Gasteiger partial charge in [-0.1, -0.05) is 74.6 Å². The third-order valence-electron chi connectivity index (χ3n) is 7.76. The summed E-state index contributed by atoms with van der Waals surface area (Å²) >= 11 is 0. The SMILES string of the molecule is C[C@]1(C(=O)NC2CCCCCCC2)Cn2c(ccc2-c2ccccc2)C(=O)N1Cc1ccc(F)cc1. The maximum absolute atomic E-state index is 14.0.